The maximum absolute atomic E-state index is 13.2. The first-order chi connectivity index (χ1) is 23.9. The molecular formula is C40H55N9O. The van der Waals surface area contributed by atoms with Gasteiger partial charge in [-0.3, -0.25) is 4.79 Å². The second-order valence-electron chi connectivity index (χ2n) is 15.0. The predicted octanol–water partition coefficient (Wildman–Crippen LogP) is 5.98. The highest BCUT2D eigenvalue weighted by Gasteiger charge is 2.50. The maximum atomic E-state index is 13.2. The number of aromatic nitrogens is 4. The van der Waals surface area contributed by atoms with E-state index in [0.717, 1.165) is 85.0 Å². The van der Waals surface area contributed by atoms with Gasteiger partial charge in [0.05, 0.1) is 11.5 Å². The molecule has 2 aliphatic carbocycles. The van der Waals surface area contributed by atoms with E-state index in [9.17, 15) is 10.1 Å². The van der Waals surface area contributed by atoms with Crippen LogP contribution in [0.5, 0.6) is 0 Å². The van der Waals surface area contributed by atoms with E-state index in [1.54, 1.807) is 19.0 Å². The molecule has 0 bridgehead atoms. The predicted molar refractivity (Wildman–Crippen MR) is 199 cm³/mol. The fraction of sp³-hybridized carbons (Fsp3) is 0.525. The topological polar surface area (TPSA) is 126 Å². The van der Waals surface area contributed by atoms with Crippen LogP contribution in [0.2, 0.25) is 0 Å². The molecule has 0 radical (unpaired) electrons. The molecule has 2 unspecified atom stereocenters. The molecule has 5 rings (SSSR count). The molecule has 1 amide bonds. The lowest BCUT2D eigenvalue weighted by molar-refractivity contribution is 0.0827. The molecule has 3 aromatic rings. The lowest BCUT2D eigenvalue weighted by atomic mass is 9.62. The molecule has 10 heteroatoms. The minimum Gasteiger partial charge on any atom is -0.378 e. The van der Waals surface area contributed by atoms with Gasteiger partial charge in [0.15, 0.2) is 5.82 Å². The number of aryl methyl sites for hydroxylation is 2. The number of benzene rings is 2. The fourth-order valence-corrected chi connectivity index (χ4v) is 7.99. The molecule has 0 spiro atoms. The van der Waals surface area contributed by atoms with Crippen LogP contribution in [0.1, 0.15) is 109 Å². The van der Waals surface area contributed by atoms with Gasteiger partial charge in [0.2, 0.25) is 0 Å². The van der Waals surface area contributed by atoms with Gasteiger partial charge in [0, 0.05) is 57.2 Å². The number of hydrogen-bond donors (Lipinski definition) is 3. The van der Waals surface area contributed by atoms with Crippen LogP contribution in [0.25, 0.3) is 5.70 Å². The normalized spacial score (nSPS) is 19.1. The Morgan fingerprint density at radius 3 is 2.20 bits per heavy atom. The van der Waals surface area contributed by atoms with Crippen molar-refractivity contribution in [2.24, 2.45) is 5.92 Å². The Kier molecular flexibility index (Phi) is 11.5. The van der Waals surface area contributed by atoms with Crippen LogP contribution in [0, 0.1) is 17.2 Å². The molecule has 1 saturated carbocycles. The minimum atomic E-state index is -0.767. The van der Waals surface area contributed by atoms with Crippen molar-refractivity contribution in [2.45, 2.75) is 95.1 Å². The van der Waals surface area contributed by atoms with Crippen molar-refractivity contribution in [1.29, 1.82) is 5.26 Å². The number of carbonyl (C=O) groups excluding carboxylic acids is 1. The number of nitrogens with zero attached hydrogens (tertiary/aromatic N) is 6. The number of aromatic amines is 1. The zero-order valence-electron chi connectivity index (χ0n) is 30.9. The second-order valence-corrected chi connectivity index (χ2v) is 15.0. The lowest BCUT2D eigenvalue weighted by Crippen LogP contribution is -2.54. The van der Waals surface area contributed by atoms with Gasteiger partial charge in [-0.15, -0.1) is 10.2 Å². The average Bonchev–Trinajstić information content (AvgIpc) is 3.63. The zero-order chi connectivity index (χ0) is 36.1. The van der Waals surface area contributed by atoms with E-state index in [0.29, 0.717) is 30.3 Å². The summed E-state index contributed by atoms with van der Waals surface area (Å²) in [4.78, 5) is 16.9. The van der Waals surface area contributed by atoms with E-state index in [1.165, 1.54) is 12.0 Å². The van der Waals surface area contributed by atoms with Gasteiger partial charge in [0.1, 0.15) is 6.04 Å². The second kappa shape index (κ2) is 15.6. The number of tetrazole rings is 1. The SMILES string of the molecule is C=C(CNC1(CC2(c3nn[nH]n3)c3ccc(C(=C)N(C)C)cc3CCc3cc(C(=O)N(C)C)ccc32)CCCCC1)NC(C#N)C[C@@H](C)CC. The zero-order valence-corrected chi connectivity index (χ0v) is 30.9. The number of rotatable bonds is 14. The average molecular weight is 678 g/mol. The standard InChI is InChI=1S/C40H55N9O/c1-9-27(2)21-34(24-41)43-28(3)25-42-39(19-11-10-12-20-39)26-40(38-44-46-47-45-38)35-17-15-30(29(4)48(5)6)22-31(35)13-14-32-23-33(16-18-36(32)40)37(50)49(7)8/h15-18,22-23,27,34,42-43H,3-4,9-14,19-21,25-26H2,1-2,5-8H3,(H,44,45,46,47)/t27-,34?,40?/m0/s1. The van der Waals surface area contributed by atoms with E-state index < -0.39 is 5.41 Å². The molecule has 50 heavy (non-hydrogen) atoms. The van der Waals surface area contributed by atoms with Gasteiger partial charge >= 0.3 is 0 Å². The summed E-state index contributed by atoms with van der Waals surface area (Å²) in [5, 5.41) is 33.7. The van der Waals surface area contributed by atoms with Crippen molar-refractivity contribution >= 4 is 11.6 Å². The van der Waals surface area contributed by atoms with Gasteiger partial charge in [0.25, 0.3) is 5.91 Å². The molecule has 1 aromatic heterocycles. The van der Waals surface area contributed by atoms with Crippen molar-refractivity contribution in [1.82, 2.24) is 41.1 Å². The van der Waals surface area contributed by atoms with Crippen molar-refractivity contribution in [3.63, 3.8) is 0 Å². The summed E-state index contributed by atoms with van der Waals surface area (Å²) >= 11 is 0. The Hall–Kier alpha value is -4.49. The number of nitrogens with one attached hydrogen (secondary N) is 3. The minimum absolute atomic E-state index is 0.0234. The number of fused-ring (bicyclic) bond motifs is 2. The largest absolute Gasteiger partial charge is 0.378 e. The fourth-order valence-electron chi connectivity index (χ4n) is 7.99. The summed E-state index contributed by atoms with van der Waals surface area (Å²) in [5.74, 6) is 1.05. The molecule has 2 aliphatic rings. The number of H-pyrrole nitrogens is 1. The molecule has 0 saturated heterocycles. The summed E-state index contributed by atoms with van der Waals surface area (Å²) in [5.41, 5.74) is 7.04. The van der Waals surface area contributed by atoms with Gasteiger partial charge in [-0.1, -0.05) is 76.1 Å². The van der Waals surface area contributed by atoms with Crippen molar-refractivity contribution in [2.75, 3.05) is 34.7 Å². The van der Waals surface area contributed by atoms with Gasteiger partial charge in [-0.05, 0) is 90.5 Å². The Morgan fingerprint density at radius 2 is 1.64 bits per heavy atom. The summed E-state index contributed by atoms with van der Waals surface area (Å²) in [6, 6.07) is 15.0. The van der Waals surface area contributed by atoms with Gasteiger partial charge in [-0.25, -0.2) is 0 Å². The van der Waals surface area contributed by atoms with E-state index in [1.807, 2.05) is 25.1 Å². The number of amides is 1. The molecule has 3 atom stereocenters. The summed E-state index contributed by atoms with van der Waals surface area (Å²) < 4.78 is 0. The Labute approximate surface area is 298 Å². The van der Waals surface area contributed by atoms with Gasteiger partial charge in [-0.2, -0.15) is 10.5 Å². The van der Waals surface area contributed by atoms with Crippen LogP contribution in [0.3, 0.4) is 0 Å². The highest BCUT2D eigenvalue weighted by atomic mass is 16.2. The highest BCUT2D eigenvalue weighted by Crippen LogP contribution is 2.51. The van der Waals surface area contributed by atoms with E-state index >= 15 is 0 Å². The highest BCUT2D eigenvalue weighted by molar-refractivity contribution is 5.94. The summed E-state index contributed by atoms with van der Waals surface area (Å²) in [6.07, 6.45) is 9.40. The third-order valence-electron chi connectivity index (χ3n) is 11.0. The van der Waals surface area contributed by atoms with Crippen LogP contribution >= 0.6 is 0 Å². The van der Waals surface area contributed by atoms with Crippen LogP contribution in [-0.4, -0.2) is 82.6 Å². The number of hydrogen-bond acceptors (Lipinski definition) is 8. The van der Waals surface area contributed by atoms with E-state index in [2.05, 4.69) is 89.6 Å². The molecule has 2 aromatic carbocycles. The Bertz CT molecular complexity index is 1640. The monoisotopic (exact) mass is 677 g/mol. The summed E-state index contributed by atoms with van der Waals surface area (Å²) in [6.45, 7) is 13.6. The first kappa shape index (κ1) is 36.8. The summed E-state index contributed by atoms with van der Waals surface area (Å²) in [7, 11) is 7.61. The van der Waals surface area contributed by atoms with Gasteiger partial charge < -0.3 is 20.4 Å². The third-order valence-corrected chi connectivity index (χ3v) is 11.0. The van der Waals surface area contributed by atoms with Crippen LogP contribution in [-0.2, 0) is 18.3 Å². The van der Waals surface area contributed by atoms with Crippen molar-refractivity contribution < 1.29 is 4.79 Å². The van der Waals surface area contributed by atoms with Crippen molar-refractivity contribution in [3.05, 3.63) is 94.5 Å². The molecule has 1 fully saturated rings. The molecule has 3 N–H and O–H groups in total. The quantitative estimate of drug-likeness (QED) is 0.190. The first-order valence-electron chi connectivity index (χ1n) is 18.1. The van der Waals surface area contributed by atoms with Crippen LogP contribution in [0.15, 0.2) is 55.3 Å². The maximum Gasteiger partial charge on any atom is 0.253 e. The molecule has 0 aliphatic heterocycles. The van der Waals surface area contributed by atoms with Crippen LogP contribution in [0.4, 0.5) is 0 Å². The Morgan fingerprint density at radius 1 is 1.00 bits per heavy atom. The number of nitriles is 1. The van der Waals surface area contributed by atoms with E-state index in [-0.39, 0.29) is 17.5 Å². The lowest BCUT2D eigenvalue weighted by Gasteiger charge is -2.46. The van der Waals surface area contributed by atoms with Crippen LogP contribution < -0.4 is 10.6 Å². The Balaban J connectivity index is 1.64. The molecule has 1 heterocycles. The number of carbonyl (C=O) groups is 1. The molecule has 10 nitrogen and oxygen atoms in total. The molecular weight excluding hydrogens is 623 g/mol. The third kappa shape index (κ3) is 7.63. The molecule has 266 valence electrons. The smallest absolute Gasteiger partial charge is 0.253 e. The first-order valence-corrected chi connectivity index (χ1v) is 18.1. The van der Waals surface area contributed by atoms with Crippen molar-refractivity contribution in [3.8, 4) is 6.07 Å². The van der Waals surface area contributed by atoms with E-state index in [4.69, 9.17) is 5.10 Å².